The van der Waals surface area contributed by atoms with Gasteiger partial charge in [-0.1, -0.05) is 0 Å². The molecule has 0 aliphatic rings. The van der Waals surface area contributed by atoms with Crippen molar-refractivity contribution < 1.29 is 14.2 Å². The van der Waals surface area contributed by atoms with Gasteiger partial charge in [-0.2, -0.15) is 5.26 Å². The van der Waals surface area contributed by atoms with Gasteiger partial charge in [0.25, 0.3) is 0 Å². The highest BCUT2D eigenvalue weighted by atomic mass is 16.5. The first kappa shape index (κ1) is 13.7. The maximum Gasteiger partial charge on any atom is 0.120 e. The van der Waals surface area contributed by atoms with Crippen LogP contribution in [-0.2, 0) is 20.8 Å². The quantitative estimate of drug-likeness (QED) is 0.603. The van der Waals surface area contributed by atoms with Gasteiger partial charge in [-0.15, -0.1) is 0 Å². The highest BCUT2D eigenvalue weighted by molar-refractivity contribution is 5.21. The summed E-state index contributed by atoms with van der Waals surface area (Å²) >= 11 is 0. The third-order valence-corrected chi connectivity index (χ3v) is 2.22. The number of methoxy groups -OCH3 is 1. The van der Waals surface area contributed by atoms with E-state index in [4.69, 9.17) is 19.5 Å². The number of nitrogens with zero attached hydrogens (tertiary/aromatic N) is 2. The predicted molar refractivity (Wildman–Crippen MR) is 62.7 cm³/mol. The summed E-state index contributed by atoms with van der Waals surface area (Å²) in [7, 11) is 1.64. The van der Waals surface area contributed by atoms with Crippen molar-refractivity contribution in [2.24, 2.45) is 0 Å². The van der Waals surface area contributed by atoms with Crippen LogP contribution >= 0.6 is 0 Å². The Labute approximate surface area is 102 Å². The minimum atomic E-state index is 0.562. The van der Waals surface area contributed by atoms with E-state index in [1.165, 1.54) is 0 Å². The number of hydrogen-bond acceptors (Lipinski definition) is 4. The molecular formula is C12H18N2O3. The Morgan fingerprint density at radius 2 is 1.88 bits per heavy atom. The van der Waals surface area contributed by atoms with E-state index in [2.05, 4.69) is 6.07 Å². The summed E-state index contributed by atoms with van der Waals surface area (Å²) in [5.74, 6) is 0. The Bertz CT molecular complexity index is 344. The summed E-state index contributed by atoms with van der Waals surface area (Å²) in [6, 6.07) is 5.76. The van der Waals surface area contributed by atoms with E-state index in [1.807, 2.05) is 16.8 Å². The van der Waals surface area contributed by atoms with Crippen molar-refractivity contribution in [3.8, 4) is 6.07 Å². The van der Waals surface area contributed by atoms with Crippen LogP contribution in [0.3, 0.4) is 0 Å². The van der Waals surface area contributed by atoms with Crippen LogP contribution in [0.15, 0.2) is 18.3 Å². The summed E-state index contributed by atoms with van der Waals surface area (Å²) in [6.07, 6.45) is 1.87. The summed E-state index contributed by atoms with van der Waals surface area (Å²) in [5.41, 5.74) is 0.657. The van der Waals surface area contributed by atoms with E-state index in [0.717, 1.165) is 0 Å². The molecule has 0 aliphatic carbocycles. The first-order chi connectivity index (χ1) is 8.38. The Balaban J connectivity index is 2.00. The zero-order valence-electron chi connectivity index (χ0n) is 10.1. The lowest BCUT2D eigenvalue weighted by Gasteiger charge is -2.07. The maximum absolute atomic E-state index is 8.79. The summed E-state index contributed by atoms with van der Waals surface area (Å²) in [5, 5.41) is 8.79. The maximum atomic E-state index is 8.79. The SMILES string of the molecule is COCCOCCOCCn1cccc1C#N. The second kappa shape index (κ2) is 8.76. The van der Waals surface area contributed by atoms with Crippen molar-refractivity contribution in [3.63, 3.8) is 0 Å². The van der Waals surface area contributed by atoms with E-state index in [9.17, 15) is 0 Å². The third kappa shape index (κ3) is 5.50. The van der Waals surface area contributed by atoms with Crippen molar-refractivity contribution in [3.05, 3.63) is 24.0 Å². The number of rotatable bonds is 9. The number of ether oxygens (including phenoxy) is 3. The van der Waals surface area contributed by atoms with Crippen LogP contribution in [0.2, 0.25) is 0 Å². The number of nitriles is 1. The topological polar surface area (TPSA) is 56.4 Å². The molecule has 0 aromatic carbocycles. The van der Waals surface area contributed by atoms with E-state index >= 15 is 0 Å². The lowest BCUT2D eigenvalue weighted by molar-refractivity contribution is 0.0230. The molecule has 0 radical (unpaired) electrons. The van der Waals surface area contributed by atoms with Gasteiger partial charge in [0, 0.05) is 19.9 Å². The predicted octanol–water partition coefficient (Wildman–Crippen LogP) is 1.04. The van der Waals surface area contributed by atoms with Crippen LogP contribution in [0.5, 0.6) is 0 Å². The lowest BCUT2D eigenvalue weighted by Crippen LogP contribution is -2.12. The van der Waals surface area contributed by atoms with Gasteiger partial charge in [-0.25, -0.2) is 0 Å². The van der Waals surface area contributed by atoms with Gasteiger partial charge >= 0.3 is 0 Å². The van der Waals surface area contributed by atoms with E-state index in [1.54, 1.807) is 13.2 Å². The van der Waals surface area contributed by atoms with Crippen molar-refractivity contribution in [1.82, 2.24) is 4.57 Å². The second-order valence-corrected chi connectivity index (χ2v) is 3.42. The average molecular weight is 238 g/mol. The third-order valence-electron chi connectivity index (χ3n) is 2.22. The minimum Gasteiger partial charge on any atom is -0.382 e. The Hall–Kier alpha value is -1.35. The first-order valence-electron chi connectivity index (χ1n) is 5.58. The Kier molecular flexibility index (Phi) is 7.07. The molecule has 1 rings (SSSR count). The fraction of sp³-hybridized carbons (Fsp3) is 0.583. The van der Waals surface area contributed by atoms with Gasteiger partial charge in [0.1, 0.15) is 11.8 Å². The van der Waals surface area contributed by atoms with Crippen molar-refractivity contribution in [2.45, 2.75) is 6.54 Å². The highest BCUT2D eigenvalue weighted by Crippen LogP contribution is 1.99. The van der Waals surface area contributed by atoms with Gasteiger partial charge in [0.05, 0.1) is 33.0 Å². The molecule has 0 aliphatic heterocycles. The molecule has 5 nitrogen and oxygen atoms in total. The molecule has 17 heavy (non-hydrogen) atoms. The molecule has 0 saturated heterocycles. The zero-order valence-corrected chi connectivity index (χ0v) is 10.1. The molecule has 1 heterocycles. The molecule has 0 atom stereocenters. The van der Waals surface area contributed by atoms with Crippen LogP contribution in [0.25, 0.3) is 0 Å². The molecule has 0 spiro atoms. The molecular weight excluding hydrogens is 220 g/mol. The molecule has 5 heteroatoms. The van der Waals surface area contributed by atoms with Gasteiger partial charge in [0.15, 0.2) is 0 Å². The zero-order chi connectivity index (χ0) is 12.3. The minimum absolute atomic E-state index is 0.562. The van der Waals surface area contributed by atoms with Gasteiger partial charge < -0.3 is 18.8 Å². The monoisotopic (exact) mass is 238 g/mol. The van der Waals surface area contributed by atoms with Gasteiger partial charge in [-0.05, 0) is 12.1 Å². The van der Waals surface area contributed by atoms with E-state index in [0.29, 0.717) is 45.3 Å². The lowest BCUT2D eigenvalue weighted by atomic mass is 10.5. The normalized spacial score (nSPS) is 10.4. The van der Waals surface area contributed by atoms with Crippen molar-refractivity contribution in [1.29, 1.82) is 5.26 Å². The van der Waals surface area contributed by atoms with E-state index < -0.39 is 0 Å². The molecule has 1 aromatic heterocycles. The summed E-state index contributed by atoms with van der Waals surface area (Å²) in [6.45, 7) is 3.60. The molecule has 1 aromatic rings. The van der Waals surface area contributed by atoms with E-state index in [-0.39, 0.29) is 0 Å². The first-order valence-corrected chi connectivity index (χ1v) is 5.58. The summed E-state index contributed by atoms with van der Waals surface area (Å²) in [4.78, 5) is 0. The molecule has 0 amide bonds. The second-order valence-electron chi connectivity index (χ2n) is 3.42. The molecule has 0 fully saturated rings. The molecule has 0 saturated carbocycles. The molecule has 94 valence electrons. The van der Waals surface area contributed by atoms with Crippen LogP contribution in [0, 0.1) is 11.3 Å². The van der Waals surface area contributed by atoms with Gasteiger partial charge in [0.2, 0.25) is 0 Å². The van der Waals surface area contributed by atoms with Crippen molar-refractivity contribution in [2.75, 3.05) is 40.1 Å². The number of hydrogen-bond donors (Lipinski definition) is 0. The molecule has 0 unspecified atom stereocenters. The highest BCUT2D eigenvalue weighted by Gasteiger charge is 1.98. The number of aromatic nitrogens is 1. The molecule has 0 N–H and O–H groups in total. The Morgan fingerprint density at radius 1 is 1.18 bits per heavy atom. The molecule has 0 bridgehead atoms. The summed E-state index contributed by atoms with van der Waals surface area (Å²) < 4.78 is 17.3. The van der Waals surface area contributed by atoms with Crippen molar-refractivity contribution >= 4 is 0 Å². The fourth-order valence-electron chi connectivity index (χ4n) is 1.34. The fourth-order valence-corrected chi connectivity index (χ4v) is 1.34. The Morgan fingerprint density at radius 3 is 2.59 bits per heavy atom. The van der Waals surface area contributed by atoms with Crippen LogP contribution in [0.4, 0.5) is 0 Å². The smallest absolute Gasteiger partial charge is 0.120 e. The van der Waals surface area contributed by atoms with Gasteiger partial charge in [-0.3, -0.25) is 0 Å². The van der Waals surface area contributed by atoms with Crippen LogP contribution in [0.1, 0.15) is 5.69 Å². The van der Waals surface area contributed by atoms with Crippen LogP contribution < -0.4 is 0 Å². The largest absolute Gasteiger partial charge is 0.382 e. The van der Waals surface area contributed by atoms with Crippen LogP contribution in [-0.4, -0.2) is 44.7 Å². The average Bonchev–Trinajstić information content (AvgIpc) is 2.80. The standard InChI is InChI=1S/C12H18N2O3/c1-15-7-8-17-10-9-16-6-5-14-4-2-3-12(14)11-13/h2-4H,5-10H2,1H3.